The van der Waals surface area contributed by atoms with Crippen LogP contribution in [0, 0.1) is 5.41 Å². The fourth-order valence-corrected chi connectivity index (χ4v) is 5.05. The molecule has 18 heteroatoms. The van der Waals surface area contributed by atoms with E-state index in [1.54, 1.807) is 0 Å². The summed E-state index contributed by atoms with van der Waals surface area (Å²) < 4.78 is 0. The Morgan fingerprint density at radius 3 is 1.58 bits per heavy atom. The quantitative estimate of drug-likeness (QED) is 0.0150. The van der Waals surface area contributed by atoms with Gasteiger partial charge in [0.1, 0.15) is 5.84 Å². The van der Waals surface area contributed by atoms with Crippen molar-refractivity contribution >= 4 is 75.4 Å². The highest BCUT2D eigenvalue weighted by Gasteiger charge is 2.13. The Morgan fingerprint density at radius 2 is 1.08 bits per heavy atom. The molecule has 0 fully saturated rings. The van der Waals surface area contributed by atoms with Crippen molar-refractivity contribution in [3.63, 3.8) is 0 Å². The summed E-state index contributed by atoms with van der Waals surface area (Å²) in [5.41, 5.74) is 1.79. The first-order valence-corrected chi connectivity index (χ1v) is 19.1. The molecule has 16 nitrogen and oxygen atoms in total. The van der Waals surface area contributed by atoms with Gasteiger partial charge in [-0.2, -0.15) is 0 Å². The predicted molar refractivity (Wildman–Crippen MR) is 212 cm³/mol. The number of benzene rings is 1. The molecule has 0 aliphatic carbocycles. The van der Waals surface area contributed by atoms with Crippen LogP contribution in [0.5, 0.6) is 0 Å². The molecule has 0 saturated carbocycles. The van der Waals surface area contributed by atoms with E-state index in [0.717, 1.165) is 40.7 Å². The van der Waals surface area contributed by atoms with Gasteiger partial charge in [0.2, 0.25) is 23.6 Å². The number of hydrogen-bond donors (Lipinski definition) is 9. The predicted octanol–water partition coefficient (Wildman–Crippen LogP) is 4.55. The molecule has 298 valence electrons. The minimum absolute atomic E-state index is 0.0240. The van der Waals surface area contributed by atoms with Crippen LogP contribution in [0.3, 0.4) is 0 Å². The highest BCUT2D eigenvalue weighted by atomic mass is 32.1. The number of rotatable bonds is 27. The van der Waals surface area contributed by atoms with E-state index in [2.05, 4.69) is 26.6 Å². The van der Waals surface area contributed by atoms with Crippen molar-refractivity contribution in [2.45, 2.75) is 104 Å². The van der Waals surface area contributed by atoms with Crippen LogP contribution >= 0.6 is 24.4 Å². The smallest absolute Gasteiger partial charge is 0.246 e. The fraction of sp³-hybridized carbons (Fsp3) is 0.629. The molecule has 0 bridgehead atoms. The maximum atomic E-state index is 12.2. The topological polar surface area (TPSA) is 223 Å². The number of anilines is 2. The fourth-order valence-electron chi connectivity index (χ4n) is 4.71. The lowest BCUT2D eigenvalue weighted by atomic mass is 10.2. The van der Waals surface area contributed by atoms with Crippen LogP contribution in [0.1, 0.15) is 104 Å². The Hall–Kier alpha value is -3.97. The third kappa shape index (κ3) is 24.1. The lowest BCUT2D eigenvalue weighted by molar-refractivity contribution is -0.166. The van der Waals surface area contributed by atoms with E-state index in [1.807, 2.05) is 31.2 Å². The second-order valence-electron chi connectivity index (χ2n) is 12.5. The molecular formula is C35H59N9O7S2. The van der Waals surface area contributed by atoms with Crippen LogP contribution in [0.25, 0.3) is 0 Å². The van der Waals surface area contributed by atoms with E-state index in [1.165, 1.54) is 6.92 Å². The molecule has 1 rings (SSSR count). The summed E-state index contributed by atoms with van der Waals surface area (Å²) in [7, 11) is 0. The standard InChI is InChI=1S/C35H59N9O7S2/c1-3-33(52)40-28-13-15-29(16-14-28)41-35(53)39-23-9-6-11-25-43(50)30(36)17-18-31(46)37-21-8-5-12-26-44(51)34(48)20-19-32(47)38-22-7-4-10-24-42(49)27(2)45/h13-16,36,49-51H,3-12,17-26H2,1-2H3,(H,37,46)(H,38,47)(H,40,52)(H2,39,41,53). The molecule has 0 spiro atoms. The number of thiocarbonyl (C=S) groups is 2. The largest absolute Gasteiger partial charge is 0.362 e. The van der Waals surface area contributed by atoms with Gasteiger partial charge in [-0.3, -0.25) is 40.2 Å². The minimum Gasteiger partial charge on any atom is -0.362 e. The van der Waals surface area contributed by atoms with Crippen molar-refractivity contribution in [2.75, 3.05) is 49.9 Å². The summed E-state index contributed by atoms with van der Waals surface area (Å²) in [6, 6.07) is 7.69. The molecule has 0 aromatic heterocycles. The van der Waals surface area contributed by atoms with E-state index in [-0.39, 0.29) is 56.4 Å². The van der Waals surface area contributed by atoms with Gasteiger partial charge < -0.3 is 26.6 Å². The molecule has 1 aromatic carbocycles. The van der Waals surface area contributed by atoms with Crippen LogP contribution in [0.2, 0.25) is 0 Å². The molecule has 0 radical (unpaired) electrons. The first-order valence-electron chi connectivity index (χ1n) is 18.3. The Balaban J connectivity index is 2.02. The summed E-state index contributed by atoms with van der Waals surface area (Å²) in [5, 5.41) is 55.1. The van der Waals surface area contributed by atoms with E-state index >= 15 is 0 Å². The van der Waals surface area contributed by atoms with Crippen LogP contribution in [-0.2, 0) is 19.2 Å². The normalized spacial score (nSPS) is 10.5. The number of unbranched alkanes of at least 4 members (excludes halogenated alkanes) is 6. The highest BCUT2D eigenvalue weighted by Crippen LogP contribution is 2.14. The van der Waals surface area contributed by atoms with Gasteiger partial charge in [-0.25, -0.2) is 15.2 Å². The summed E-state index contributed by atoms with van der Waals surface area (Å²) in [6.45, 7) is 5.40. The number of hydrogen-bond acceptors (Lipinski definition) is 10. The number of amidine groups is 1. The summed E-state index contributed by atoms with van der Waals surface area (Å²) in [5.74, 6) is -1.51. The number of nitrogens with zero attached hydrogens (tertiary/aromatic N) is 3. The average Bonchev–Trinajstić information content (AvgIpc) is 3.13. The number of hydroxylamine groups is 6. The molecular weight excluding hydrogens is 723 g/mol. The molecule has 0 aliphatic rings. The summed E-state index contributed by atoms with van der Waals surface area (Å²) in [4.78, 5) is 47.9. The zero-order valence-electron chi connectivity index (χ0n) is 31.1. The van der Waals surface area contributed by atoms with Gasteiger partial charge in [-0.15, -0.1) is 0 Å². The van der Waals surface area contributed by atoms with E-state index in [4.69, 9.17) is 29.8 Å². The van der Waals surface area contributed by atoms with Gasteiger partial charge in [0.15, 0.2) is 5.11 Å². The highest BCUT2D eigenvalue weighted by molar-refractivity contribution is 7.80. The monoisotopic (exact) mass is 781 g/mol. The third-order valence-corrected chi connectivity index (χ3v) is 8.57. The van der Waals surface area contributed by atoms with Crippen LogP contribution in [-0.4, -0.2) is 110 Å². The lowest BCUT2D eigenvalue weighted by Crippen LogP contribution is -2.31. The molecule has 0 atom stereocenters. The van der Waals surface area contributed by atoms with Gasteiger partial charge in [-0.1, -0.05) is 19.1 Å². The zero-order chi connectivity index (χ0) is 39.4. The number of amides is 4. The first kappa shape index (κ1) is 47.1. The Kier molecular flexibility index (Phi) is 25.3. The number of carbonyl (C=O) groups excluding carboxylic acids is 4. The van der Waals surface area contributed by atoms with Gasteiger partial charge in [0.25, 0.3) is 0 Å². The van der Waals surface area contributed by atoms with Crippen molar-refractivity contribution in [1.82, 2.24) is 31.1 Å². The van der Waals surface area contributed by atoms with E-state index in [9.17, 15) is 34.8 Å². The van der Waals surface area contributed by atoms with Crippen LogP contribution < -0.4 is 26.6 Å². The molecule has 0 heterocycles. The van der Waals surface area contributed by atoms with E-state index in [0.29, 0.717) is 86.4 Å². The van der Waals surface area contributed by atoms with Crippen molar-refractivity contribution in [3.05, 3.63) is 24.3 Å². The Bertz CT molecular complexity index is 1300. The van der Waals surface area contributed by atoms with Gasteiger partial charge >= 0.3 is 0 Å². The van der Waals surface area contributed by atoms with E-state index < -0.39 is 11.8 Å². The van der Waals surface area contributed by atoms with Crippen molar-refractivity contribution < 1.29 is 34.8 Å². The second-order valence-corrected chi connectivity index (χ2v) is 13.4. The van der Waals surface area contributed by atoms with Gasteiger partial charge in [-0.05, 0) is 101 Å². The summed E-state index contributed by atoms with van der Waals surface area (Å²) >= 11 is 10.6. The SMILES string of the molecule is CCC(=S)Nc1ccc(NC(=S)NCCCCCN(O)C(=N)CCC(=O)NCCCCCN(O)C(=O)CCC(=O)NCCCCCN(O)C(C)=O)cc1. The number of carbonyl (C=O) groups is 4. The molecule has 53 heavy (non-hydrogen) atoms. The van der Waals surface area contributed by atoms with Gasteiger partial charge in [0, 0.05) is 83.3 Å². The minimum atomic E-state index is -0.545. The second kappa shape index (κ2) is 28.5. The number of nitrogens with one attached hydrogen (secondary N) is 6. The Morgan fingerprint density at radius 1 is 0.623 bits per heavy atom. The molecule has 0 unspecified atom stereocenters. The van der Waals surface area contributed by atoms with Crippen molar-refractivity contribution in [3.8, 4) is 0 Å². The molecule has 0 saturated heterocycles. The van der Waals surface area contributed by atoms with Gasteiger partial charge in [0.05, 0.1) is 4.99 Å². The zero-order valence-corrected chi connectivity index (χ0v) is 32.7. The molecule has 9 N–H and O–H groups in total. The Labute approximate surface area is 323 Å². The first-order chi connectivity index (χ1) is 25.3. The van der Waals surface area contributed by atoms with Crippen molar-refractivity contribution in [2.24, 2.45) is 0 Å². The molecule has 0 aliphatic heterocycles. The maximum Gasteiger partial charge on any atom is 0.246 e. The average molecular weight is 782 g/mol. The molecule has 1 aromatic rings. The van der Waals surface area contributed by atoms with Crippen molar-refractivity contribution in [1.29, 1.82) is 5.41 Å². The summed E-state index contributed by atoms with van der Waals surface area (Å²) in [6.07, 6.45) is 6.93. The van der Waals surface area contributed by atoms with Crippen LogP contribution in [0.15, 0.2) is 24.3 Å². The van der Waals surface area contributed by atoms with Crippen LogP contribution in [0.4, 0.5) is 11.4 Å². The lowest BCUT2D eigenvalue weighted by Gasteiger charge is -2.17. The molecule has 4 amide bonds. The maximum absolute atomic E-state index is 12.2. The third-order valence-electron chi connectivity index (χ3n) is 7.94.